The molecule has 4 rings (SSSR count). The van der Waals surface area contributed by atoms with E-state index in [1.54, 1.807) is 12.1 Å². The molecule has 0 aliphatic carbocycles. The molecular formula is C15H12FN3O4S. The van der Waals surface area contributed by atoms with Crippen LogP contribution >= 0.6 is 0 Å². The lowest BCUT2D eigenvalue weighted by atomic mass is 10.0. The van der Waals surface area contributed by atoms with E-state index in [4.69, 9.17) is 8.94 Å². The zero-order chi connectivity index (χ0) is 16.7. The summed E-state index contributed by atoms with van der Waals surface area (Å²) in [7, 11) is -3.72. The van der Waals surface area contributed by atoms with E-state index >= 15 is 0 Å². The highest BCUT2D eigenvalue weighted by molar-refractivity contribution is 7.89. The first kappa shape index (κ1) is 15.0. The number of sulfonamides is 1. The summed E-state index contributed by atoms with van der Waals surface area (Å²) in [6.45, 7) is 0.414. The van der Waals surface area contributed by atoms with Crippen LogP contribution in [-0.2, 0) is 10.0 Å². The van der Waals surface area contributed by atoms with Crippen LogP contribution in [0.4, 0.5) is 4.39 Å². The van der Waals surface area contributed by atoms with Crippen LogP contribution in [0.1, 0.15) is 11.8 Å². The molecule has 0 saturated carbocycles. The number of benzene rings is 1. The largest absolute Gasteiger partial charge is 0.461 e. The highest BCUT2D eigenvalue weighted by atomic mass is 32.2. The lowest BCUT2D eigenvalue weighted by Crippen LogP contribution is -2.48. The maximum absolute atomic E-state index is 13.2. The highest BCUT2D eigenvalue weighted by Gasteiger charge is 2.40. The van der Waals surface area contributed by atoms with Crippen LogP contribution in [0.15, 0.2) is 56.5 Å². The molecule has 3 heterocycles. The predicted molar refractivity (Wildman–Crippen MR) is 79.9 cm³/mol. The van der Waals surface area contributed by atoms with Gasteiger partial charge in [0, 0.05) is 13.1 Å². The summed E-state index contributed by atoms with van der Waals surface area (Å²) in [6.07, 6.45) is 1.50. The van der Waals surface area contributed by atoms with E-state index in [0.29, 0.717) is 17.5 Å². The molecule has 1 aliphatic heterocycles. The Hall–Kier alpha value is -2.52. The summed E-state index contributed by atoms with van der Waals surface area (Å²) in [6, 6.07) is 8.36. The molecule has 0 atom stereocenters. The van der Waals surface area contributed by atoms with Crippen molar-refractivity contribution < 1.29 is 21.7 Å². The second-order valence-corrected chi connectivity index (χ2v) is 7.35. The van der Waals surface area contributed by atoms with Crippen LogP contribution in [0, 0.1) is 5.82 Å². The fourth-order valence-corrected chi connectivity index (χ4v) is 4.04. The smallest absolute Gasteiger partial charge is 0.243 e. The second kappa shape index (κ2) is 5.53. The molecule has 0 radical (unpaired) electrons. The third-order valence-corrected chi connectivity index (χ3v) is 5.64. The molecule has 0 amide bonds. The zero-order valence-corrected chi connectivity index (χ0v) is 13.1. The van der Waals surface area contributed by atoms with Crippen molar-refractivity contribution in [2.75, 3.05) is 13.1 Å². The van der Waals surface area contributed by atoms with E-state index in [0.717, 1.165) is 6.07 Å². The van der Waals surface area contributed by atoms with Gasteiger partial charge in [-0.05, 0) is 30.3 Å². The fourth-order valence-electron chi connectivity index (χ4n) is 2.47. The lowest BCUT2D eigenvalue weighted by molar-refractivity contribution is 0.216. The molecule has 2 aromatic heterocycles. The van der Waals surface area contributed by atoms with Crippen molar-refractivity contribution in [3.05, 3.63) is 54.4 Å². The Bertz CT molecular complexity index is 962. The first-order valence-corrected chi connectivity index (χ1v) is 8.61. The number of furan rings is 1. The highest BCUT2D eigenvalue weighted by Crippen LogP contribution is 2.32. The molecule has 1 aromatic carbocycles. The molecule has 0 bridgehead atoms. The summed E-state index contributed by atoms with van der Waals surface area (Å²) < 4.78 is 49.7. The van der Waals surface area contributed by atoms with Crippen LogP contribution in [-0.4, -0.2) is 36.0 Å². The van der Waals surface area contributed by atoms with Crippen molar-refractivity contribution in [2.45, 2.75) is 10.8 Å². The van der Waals surface area contributed by atoms with Crippen molar-refractivity contribution in [1.82, 2.24) is 14.4 Å². The molecule has 0 N–H and O–H groups in total. The fraction of sp³-hybridized carbons (Fsp3) is 0.200. The Morgan fingerprint density at radius 3 is 2.75 bits per heavy atom. The Kier molecular flexibility index (Phi) is 3.47. The first-order valence-electron chi connectivity index (χ1n) is 7.17. The Labute approximate surface area is 136 Å². The van der Waals surface area contributed by atoms with Gasteiger partial charge in [-0.15, -0.1) is 0 Å². The summed E-state index contributed by atoms with van der Waals surface area (Å²) in [4.78, 5) is 4.16. The standard InChI is InChI=1S/C15H12FN3O4S/c16-11-3-1-4-12(7-11)24(20,21)19-8-10(9-19)15-17-14(18-23-15)13-5-2-6-22-13/h1-7,10H,8-9H2. The summed E-state index contributed by atoms with van der Waals surface area (Å²) >= 11 is 0. The molecule has 0 unspecified atom stereocenters. The minimum Gasteiger partial charge on any atom is -0.461 e. The Morgan fingerprint density at radius 1 is 1.21 bits per heavy atom. The average Bonchev–Trinajstić information content (AvgIpc) is 3.16. The van der Waals surface area contributed by atoms with Crippen LogP contribution < -0.4 is 0 Å². The number of rotatable bonds is 4. The van der Waals surface area contributed by atoms with E-state index in [1.807, 2.05) is 0 Å². The Morgan fingerprint density at radius 2 is 2.04 bits per heavy atom. The summed E-state index contributed by atoms with van der Waals surface area (Å²) in [5.41, 5.74) is 0. The van der Waals surface area contributed by atoms with E-state index < -0.39 is 15.8 Å². The van der Waals surface area contributed by atoms with Crippen molar-refractivity contribution in [3.8, 4) is 11.6 Å². The molecule has 7 nitrogen and oxygen atoms in total. The molecular weight excluding hydrogens is 337 g/mol. The van der Waals surface area contributed by atoms with E-state index in [9.17, 15) is 12.8 Å². The molecule has 24 heavy (non-hydrogen) atoms. The van der Waals surface area contributed by atoms with Gasteiger partial charge in [0.25, 0.3) is 0 Å². The van der Waals surface area contributed by atoms with Crippen molar-refractivity contribution in [1.29, 1.82) is 0 Å². The molecule has 9 heteroatoms. The number of hydrogen-bond acceptors (Lipinski definition) is 6. The predicted octanol–water partition coefficient (Wildman–Crippen LogP) is 2.26. The van der Waals surface area contributed by atoms with Crippen LogP contribution in [0.5, 0.6) is 0 Å². The number of halogens is 1. The SMILES string of the molecule is O=S(=O)(c1cccc(F)c1)N1CC(c2nc(-c3ccco3)no2)C1. The molecule has 0 spiro atoms. The quantitative estimate of drug-likeness (QED) is 0.718. The van der Waals surface area contributed by atoms with Crippen molar-refractivity contribution in [3.63, 3.8) is 0 Å². The monoisotopic (exact) mass is 349 g/mol. The van der Waals surface area contributed by atoms with Crippen LogP contribution in [0.2, 0.25) is 0 Å². The van der Waals surface area contributed by atoms with Gasteiger partial charge in [-0.2, -0.15) is 9.29 Å². The Balaban J connectivity index is 1.48. The van der Waals surface area contributed by atoms with Gasteiger partial charge in [-0.3, -0.25) is 0 Å². The second-order valence-electron chi connectivity index (χ2n) is 5.41. The van der Waals surface area contributed by atoms with Gasteiger partial charge < -0.3 is 8.94 Å². The topological polar surface area (TPSA) is 89.4 Å². The maximum atomic E-state index is 13.2. The van der Waals surface area contributed by atoms with Crippen LogP contribution in [0.3, 0.4) is 0 Å². The van der Waals surface area contributed by atoms with Crippen LogP contribution in [0.25, 0.3) is 11.6 Å². The minimum absolute atomic E-state index is 0.0669. The molecule has 1 aliphatic rings. The number of aromatic nitrogens is 2. The zero-order valence-electron chi connectivity index (χ0n) is 12.3. The van der Waals surface area contributed by atoms with E-state index in [2.05, 4.69) is 10.1 Å². The van der Waals surface area contributed by atoms with Gasteiger partial charge in [0.1, 0.15) is 5.82 Å². The van der Waals surface area contributed by atoms with Gasteiger partial charge in [-0.1, -0.05) is 11.2 Å². The van der Waals surface area contributed by atoms with Gasteiger partial charge >= 0.3 is 0 Å². The first-order chi connectivity index (χ1) is 11.5. The molecule has 3 aromatic rings. The van der Waals surface area contributed by atoms with Gasteiger partial charge in [-0.25, -0.2) is 12.8 Å². The molecule has 124 valence electrons. The normalized spacial score (nSPS) is 16.2. The minimum atomic E-state index is -3.72. The van der Waals surface area contributed by atoms with Crippen molar-refractivity contribution >= 4 is 10.0 Å². The summed E-state index contributed by atoms with van der Waals surface area (Å²) in [5, 5.41) is 3.82. The van der Waals surface area contributed by atoms with Gasteiger partial charge in [0.2, 0.25) is 21.7 Å². The average molecular weight is 349 g/mol. The number of nitrogens with zero attached hydrogens (tertiary/aromatic N) is 3. The van der Waals surface area contributed by atoms with Gasteiger partial charge in [0.05, 0.1) is 17.1 Å². The third-order valence-electron chi connectivity index (χ3n) is 3.81. The summed E-state index contributed by atoms with van der Waals surface area (Å²) in [5.74, 6) is 0.375. The van der Waals surface area contributed by atoms with E-state index in [-0.39, 0.29) is 23.9 Å². The van der Waals surface area contributed by atoms with Gasteiger partial charge in [0.15, 0.2) is 5.76 Å². The molecule has 1 fully saturated rings. The third kappa shape index (κ3) is 2.51. The lowest BCUT2D eigenvalue weighted by Gasteiger charge is -2.35. The van der Waals surface area contributed by atoms with Crippen molar-refractivity contribution in [2.24, 2.45) is 0 Å². The number of hydrogen-bond donors (Lipinski definition) is 0. The molecule has 1 saturated heterocycles. The van der Waals surface area contributed by atoms with E-state index in [1.165, 1.54) is 28.8 Å². The maximum Gasteiger partial charge on any atom is 0.243 e.